The highest BCUT2D eigenvalue weighted by Gasteiger charge is 2.38. The quantitative estimate of drug-likeness (QED) is 0.144. The van der Waals surface area contributed by atoms with Gasteiger partial charge in [0.15, 0.2) is 0 Å². The molecule has 3 atom stereocenters. The molecule has 2 aromatic rings. The molecule has 0 saturated carbocycles. The predicted molar refractivity (Wildman–Crippen MR) is 222 cm³/mol. The Labute approximate surface area is 347 Å². The lowest BCUT2D eigenvalue weighted by Gasteiger charge is -2.31. The molecule has 3 aliphatic rings. The number of alkyl carbamates (subject to hydrolysis) is 1. The minimum Gasteiger partial charge on any atom is -0.453 e. The van der Waals surface area contributed by atoms with Crippen molar-refractivity contribution in [1.29, 1.82) is 0 Å². The predicted octanol–water partition coefficient (Wildman–Crippen LogP) is 8.11. The third-order valence-electron chi connectivity index (χ3n) is 10.6. The van der Waals surface area contributed by atoms with E-state index in [4.69, 9.17) is 21.3 Å². The molecular weight excluding hydrogens is 789 g/mol. The zero-order valence-electron chi connectivity index (χ0n) is 33.9. The molecule has 1 saturated heterocycles. The van der Waals surface area contributed by atoms with E-state index in [1.54, 1.807) is 19.1 Å². The van der Waals surface area contributed by atoms with Crippen LogP contribution in [0.5, 0.6) is 0 Å². The molecular formula is C42H52ClF3N8O5. The van der Waals surface area contributed by atoms with Crippen molar-refractivity contribution in [3.8, 4) is 0 Å². The first-order valence-corrected chi connectivity index (χ1v) is 20.2. The molecule has 59 heavy (non-hydrogen) atoms. The van der Waals surface area contributed by atoms with Crippen LogP contribution in [0.4, 0.5) is 34.3 Å². The number of hydrogen-bond donors (Lipinski definition) is 5. The minimum absolute atomic E-state index is 0.0503. The molecule has 1 fully saturated rings. The maximum Gasteiger partial charge on any atom is 0.417 e. The number of nitrogens with one attached hydrogen (secondary N) is 5. The number of halogens is 4. The molecule has 0 radical (unpaired) electrons. The maximum atomic E-state index is 14.6. The number of hydrogen-bond acceptors (Lipinski definition) is 8. The highest BCUT2D eigenvalue weighted by molar-refractivity contribution is 6.34. The van der Waals surface area contributed by atoms with E-state index in [1.165, 1.54) is 32.5 Å². The fourth-order valence-electron chi connectivity index (χ4n) is 7.39. The summed E-state index contributed by atoms with van der Waals surface area (Å²) >= 11 is 6.53. The van der Waals surface area contributed by atoms with E-state index in [0.29, 0.717) is 37.3 Å². The highest BCUT2D eigenvalue weighted by Crippen LogP contribution is 2.43. The van der Waals surface area contributed by atoms with Crippen LogP contribution in [0.2, 0.25) is 5.02 Å². The third-order valence-corrected chi connectivity index (χ3v) is 10.9. The summed E-state index contributed by atoms with van der Waals surface area (Å²) in [5, 5.41) is 13.4. The van der Waals surface area contributed by atoms with E-state index >= 15 is 0 Å². The monoisotopic (exact) mass is 840 g/mol. The van der Waals surface area contributed by atoms with Crippen LogP contribution in [0.25, 0.3) is 5.57 Å². The Balaban J connectivity index is 1.31. The van der Waals surface area contributed by atoms with Crippen molar-refractivity contribution in [3.05, 3.63) is 81.7 Å². The number of ether oxygens (including phenoxy) is 1. The van der Waals surface area contributed by atoms with Crippen LogP contribution in [0, 0.1) is 5.92 Å². The van der Waals surface area contributed by atoms with Crippen molar-refractivity contribution in [3.63, 3.8) is 0 Å². The summed E-state index contributed by atoms with van der Waals surface area (Å²) in [6.07, 6.45) is 6.90. The standard InChI is InChI=1S/C42H52ClF3N8O5/c1-24(2)37(53-41(58)59-5)39(56)54-18-8-11-35(54)33-10-7-6-9-28(22-48-33)26-12-14-27(15-13-26)30-19-32(43)34(20-31(30)42(44,45)46)52-38(55)29-16-17-36(50-23-29)49-21-25(3)51-40(57)47-4/h12,14,16-17,19-20,22-25,35,37H,6-11,13,15,18,21H2,1-5H3,(H,49,50)(H,52,55)(H,53,58)(H2,47,51,57). The number of alkyl halides is 3. The molecule has 3 heterocycles. The van der Waals surface area contributed by atoms with Gasteiger partial charge in [-0.2, -0.15) is 13.2 Å². The molecule has 17 heteroatoms. The topological polar surface area (TPSA) is 166 Å². The normalized spacial score (nSPS) is 18.2. The van der Waals surface area contributed by atoms with Gasteiger partial charge in [0.05, 0.1) is 35.0 Å². The summed E-state index contributed by atoms with van der Waals surface area (Å²) in [5.74, 6) is -0.567. The van der Waals surface area contributed by atoms with Gasteiger partial charge in [0.2, 0.25) is 5.91 Å². The summed E-state index contributed by atoms with van der Waals surface area (Å²) < 4.78 is 48.5. The van der Waals surface area contributed by atoms with E-state index in [-0.39, 0.29) is 51.8 Å². The lowest BCUT2D eigenvalue weighted by Crippen LogP contribution is -2.53. The maximum absolute atomic E-state index is 14.6. The fraction of sp³-hybridized carbons (Fsp3) is 0.476. The number of amides is 5. The average Bonchev–Trinajstić information content (AvgIpc) is 3.69. The van der Waals surface area contributed by atoms with Gasteiger partial charge < -0.3 is 36.2 Å². The van der Waals surface area contributed by atoms with E-state index in [2.05, 4.69) is 31.6 Å². The number of pyridine rings is 1. The number of carbonyl (C=O) groups is 4. The van der Waals surface area contributed by atoms with Crippen molar-refractivity contribution < 1.29 is 37.1 Å². The molecule has 0 bridgehead atoms. The van der Waals surface area contributed by atoms with Gasteiger partial charge in [0.25, 0.3) is 5.91 Å². The van der Waals surface area contributed by atoms with Gasteiger partial charge in [-0.3, -0.25) is 14.6 Å². The van der Waals surface area contributed by atoms with E-state index in [0.717, 1.165) is 61.4 Å². The van der Waals surface area contributed by atoms with Gasteiger partial charge in [0, 0.05) is 44.3 Å². The summed E-state index contributed by atoms with van der Waals surface area (Å²) in [5.41, 5.74) is 2.28. The van der Waals surface area contributed by atoms with Crippen LogP contribution in [-0.4, -0.2) is 84.9 Å². The number of likely N-dealkylation sites (tertiary alicyclic amines) is 1. The Morgan fingerprint density at radius 3 is 2.34 bits per heavy atom. The van der Waals surface area contributed by atoms with Gasteiger partial charge in [-0.25, -0.2) is 14.6 Å². The number of aromatic nitrogens is 1. The number of benzene rings is 1. The second-order valence-electron chi connectivity index (χ2n) is 15.2. The zero-order chi connectivity index (χ0) is 42.9. The molecule has 3 unspecified atom stereocenters. The van der Waals surface area contributed by atoms with Crippen molar-refractivity contribution in [2.75, 3.05) is 37.9 Å². The molecule has 1 aromatic carbocycles. The van der Waals surface area contributed by atoms with Gasteiger partial charge in [0.1, 0.15) is 11.9 Å². The molecule has 0 spiro atoms. The second-order valence-corrected chi connectivity index (χ2v) is 15.6. The number of allylic oxidation sites excluding steroid dienone is 5. The number of nitrogens with zero attached hydrogens (tertiary/aromatic N) is 3. The number of methoxy groups -OCH3 is 1. The average molecular weight is 841 g/mol. The van der Waals surface area contributed by atoms with Gasteiger partial charge in [-0.05, 0) is 111 Å². The van der Waals surface area contributed by atoms with Crippen molar-refractivity contribution >= 4 is 58.3 Å². The van der Waals surface area contributed by atoms with Crippen molar-refractivity contribution in [1.82, 2.24) is 25.8 Å². The van der Waals surface area contributed by atoms with Crippen LogP contribution >= 0.6 is 11.6 Å². The number of aliphatic imine (C=N–C) groups is 1. The molecule has 5 amide bonds. The molecule has 5 N–H and O–H groups in total. The van der Waals surface area contributed by atoms with E-state index in [1.807, 2.05) is 31.0 Å². The lowest BCUT2D eigenvalue weighted by molar-refractivity contribution is -0.137. The largest absolute Gasteiger partial charge is 0.453 e. The van der Waals surface area contributed by atoms with Crippen LogP contribution in [-0.2, 0) is 15.7 Å². The fourth-order valence-corrected chi connectivity index (χ4v) is 7.60. The summed E-state index contributed by atoms with van der Waals surface area (Å²) in [4.78, 5) is 61.2. The van der Waals surface area contributed by atoms with Gasteiger partial charge in [-0.1, -0.05) is 37.6 Å². The minimum atomic E-state index is -4.74. The third kappa shape index (κ3) is 11.6. The van der Waals surface area contributed by atoms with Crippen molar-refractivity contribution in [2.24, 2.45) is 10.9 Å². The number of anilines is 2. The Bertz CT molecular complexity index is 2010. The molecule has 1 aromatic heterocycles. The highest BCUT2D eigenvalue weighted by atomic mass is 35.5. The summed E-state index contributed by atoms with van der Waals surface area (Å²) in [7, 11) is 2.77. The van der Waals surface area contributed by atoms with E-state index in [9.17, 15) is 32.3 Å². The molecule has 2 aliphatic heterocycles. The Morgan fingerprint density at radius 2 is 1.69 bits per heavy atom. The van der Waals surface area contributed by atoms with Crippen molar-refractivity contribution in [2.45, 2.75) is 96.4 Å². The van der Waals surface area contributed by atoms with Crippen LogP contribution in [0.15, 0.2) is 65.0 Å². The number of carbonyl (C=O) groups excluding carboxylic acids is 4. The Kier molecular flexibility index (Phi) is 15.2. The molecule has 13 nitrogen and oxygen atoms in total. The van der Waals surface area contributed by atoms with Crippen LogP contribution < -0.4 is 26.6 Å². The second kappa shape index (κ2) is 20.1. The molecule has 5 rings (SSSR count). The SMILES string of the molecule is CNC(=O)NC(C)CNc1ccc(C(=O)Nc2cc(C(F)(F)F)c(C3=CC=C(C4=CN=C(C5CCCN5C(=O)C(NC(=O)OC)C(C)C)CCCC4)CC3)cc2Cl)cn1. The summed E-state index contributed by atoms with van der Waals surface area (Å²) in [6.45, 7) is 6.46. The van der Waals surface area contributed by atoms with Gasteiger partial charge in [-0.15, -0.1) is 0 Å². The van der Waals surface area contributed by atoms with Crippen LogP contribution in [0.1, 0.15) is 93.6 Å². The first-order valence-electron chi connectivity index (χ1n) is 19.8. The number of urea groups is 1. The molecule has 1 aliphatic carbocycles. The Hall–Kier alpha value is -5.38. The first kappa shape index (κ1) is 44.7. The number of rotatable bonds is 12. The first-order chi connectivity index (χ1) is 28.1. The smallest absolute Gasteiger partial charge is 0.417 e. The van der Waals surface area contributed by atoms with Gasteiger partial charge >= 0.3 is 18.3 Å². The molecule has 318 valence electrons. The Morgan fingerprint density at radius 1 is 0.966 bits per heavy atom. The lowest BCUT2D eigenvalue weighted by atomic mass is 9.86. The zero-order valence-corrected chi connectivity index (χ0v) is 34.6. The summed E-state index contributed by atoms with van der Waals surface area (Å²) in [6, 6.07) is 3.65. The van der Waals surface area contributed by atoms with Crippen LogP contribution in [0.3, 0.4) is 0 Å². The van der Waals surface area contributed by atoms with E-state index < -0.39 is 29.8 Å².